The summed E-state index contributed by atoms with van der Waals surface area (Å²) in [7, 11) is 0. The molecule has 186 valence electrons. The van der Waals surface area contributed by atoms with E-state index in [-0.39, 0.29) is 17.1 Å². The van der Waals surface area contributed by atoms with Gasteiger partial charge in [0.1, 0.15) is 4.83 Å². The Morgan fingerprint density at radius 1 is 1.31 bits per heavy atom. The predicted octanol–water partition coefficient (Wildman–Crippen LogP) is 6.91. The molecule has 0 spiro atoms. The van der Waals surface area contributed by atoms with E-state index in [1.165, 1.54) is 22.2 Å². The van der Waals surface area contributed by atoms with Gasteiger partial charge in [-0.2, -0.15) is 0 Å². The van der Waals surface area contributed by atoms with E-state index < -0.39 is 0 Å². The van der Waals surface area contributed by atoms with Crippen molar-refractivity contribution >= 4 is 55.0 Å². The highest BCUT2D eigenvalue weighted by molar-refractivity contribution is 9.10. The van der Waals surface area contributed by atoms with Crippen LogP contribution in [0.1, 0.15) is 45.5 Å². The van der Waals surface area contributed by atoms with E-state index in [4.69, 9.17) is 4.98 Å². The van der Waals surface area contributed by atoms with Crippen LogP contribution in [0.25, 0.3) is 15.9 Å². The fourth-order valence-electron chi connectivity index (χ4n) is 5.05. The van der Waals surface area contributed by atoms with Crippen molar-refractivity contribution in [1.29, 1.82) is 0 Å². The van der Waals surface area contributed by atoms with Gasteiger partial charge in [0.15, 0.2) is 10.9 Å². The molecule has 4 aromatic rings. The van der Waals surface area contributed by atoms with Crippen LogP contribution < -0.4 is 5.56 Å². The van der Waals surface area contributed by atoms with Gasteiger partial charge in [0.25, 0.3) is 5.56 Å². The van der Waals surface area contributed by atoms with E-state index in [1.807, 2.05) is 44.2 Å². The first-order valence-electron chi connectivity index (χ1n) is 12.0. The number of aromatic nitrogens is 3. The largest absolute Gasteiger partial charge is 0.318 e. The molecule has 0 bridgehead atoms. The van der Waals surface area contributed by atoms with Crippen LogP contribution in [0.4, 0.5) is 0 Å². The molecule has 5 rings (SSSR count). The number of benzene rings is 1. The quantitative estimate of drug-likeness (QED) is 0.103. The average Bonchev–Trinajstić information content (AvgIpc) is 3.36. The molecule has 5 nitrogen and oxygen atoms in total. The molecule has 0 N–H and O–H groups in total. The molecule has 1 aromatic carbocycles. The zero-order chi connectivity index (χ0) is 25.6. The lowest BCUT2D eigenvalue weighted by atomic mass is 9.89. The molecule has 3 heterocycles. The van der Waals surface area contributed by atoms with Crippen LogP contribution in [0.5, 0.6) is 0 Å². The maximum Gasteiger partial charge on any atom is 0.263 e. The maximum absolute atomic E-state index is 13.5. The third-order valence-corrected chi connectivity index (χ3v) is 9.49. The number of thiophene rings is 1. The molecule has 1 aliphatic rings. The minimum absolute atomic E-state index is 0.0182. The summed E-state index contributed by atoms with van der Waals surface area (Å²) in [5, 5.41) is 1.34. The number of halogens is 1. The molecule has 0 saturated heterocycles. The molecule has 1 atom stereocenters. The lowest BCUT2D eigenvalue weighted by molar-refractivity contribution is 0.102. The zero-order valence-corrected chi connectivity index (χ0v) is 23.9. The van der Waals surface area contributed by atoms with Crippen LogP contribution in [-0.4, -0.2) is 25.7 Å². The summed E-state index contributed by atoms with van der Waals surface area (Å²) < 4.78 is 4.78. The highest BCUT2D eigenvalue weighted by Gasteiger charge is 2.25. The first-order valence-corrected chi connectivity index (χ1v) is 14.6. The number of allylic oxidation sites excluding steroid dienone is 1. The Morgan fingerprint density at radius 3 is 2.78 bits per heavy atom. The van der Waals surface area contributed by atoms with Gasteiger partial charge in [0, 0.05) is 38.5 Å². The van der Waals surface area contributed by atoms with E-state index >= 15 is 0 Å². The highest BCUT2D eigenvalue weighted by atomic mass is 79.9. The first-order chi connectivity index (χ1) is 17.3. The van der Waals surface area contributed by atoms with Crippen LogP contribution in [-0.2, 0) is 19.4 Å². The summed E-state index contributed by atoms with van der Waals surface area (Å²) in [6, 6.07) is 10.00. The zero-order valence-electron chi connectivity index (χ0n) is 20.6. The van der Waals surface area contributed by atoms with Crippen molar-refractivity contribution < 1.29 is 4.79 Å². The smallest absolute Gasteiger partial charge is 0.263 e. The van der Waals surface area contributed by atoms with Crippen LogP contribution in [0, 0.1) is 19.8 Å². The number of nitrogens with zero attached hydrogens (tertiary/aromatic N) is 3. The van der Waals surface area contributed by atoms with Crippen LogP contribution in [0.15, 0.2) is 57.4 Å². The fraction of sp³-hybridized carbons (Fsp3) is 0.321. The number of carbonyl (C=O) groups excluding carboxylic acids is 1. The number of hydrogen-bond acceptors (Lipinski definition) is 5. The van der Waals surface area contributed by atoms with Gasteiger partial charge in [0.2, 0.25) is 0 Å². The summed E-state index contributed by atoms with van der Waals surface area (Å²) >= 11 is 6.45. The Morgan fingerprint density at radius 2 is 2.06 bits per heavy atom. The third kappa shape index (κ3) is 4.55. The second-order valence-electron chi connectivity index (χ2n) is 9.44. The van der Waals surface area contributed by atoms with Gasteiger partial charge in [-0.05, 0) is 74.9 Å². The van der Waals surface area contributed by atoms with Crippen molar-refractivity contribution in [2.24, 2.45) is 5.92 Å². The van der Waals surface area contributed by atoms with Gasteiger partial charge >= 0.3 is 0 Å². The lowest BCUT2D eigenvalue weighted by Crippen LogP contribution is -2.24. The number of thioether (sulfide) groups is 1. The number of carbonyl (C=O) groups is 1. The summed E-state index contributed by atoms with van der Waals surface area (Å²) in [6.07, 6.45) is 4.75. The normalized spacial score (nSPS) is 15.3. The SMILES string of the molecule is C=CCn1c(SCC(=O)c2cc(C)n(-c3ccc(Br)cc3)c2C)nc2sc3c(c2c1=O)CC[C@H](C)C3. The highest BCUT2D eigenvalue weighted by Crippen LogP contribution is 2.36. The summed E-state index contributed by atoms with van der Waals surface area (Å²) in [6.45, 7) is 10.5. The van der Waals surface area contributed by atoms with Gasteiger partial charge in [-0.15, -0.1) is 17.9 Å². The number of aryl methyl sites for hydroxylation is 2. The van der Waals surface area contributed by atoms with E-state index in [0.29, 0.717) is 23.2 Å². The molecule has 0 saturated carbocycles. The van der Waals surface area contributed by atoms with Crippen molar-refractivity contribution in [3.8, 4) is 5.69 Å². The average molecular weight is 583 g/mol. The Hall–Kier alpha value is -2.42. The minimum Gasteiger partial charge on any atom is -0.318 e. The van der Waals surface area contributed by atoms with Crippen LogP contribution in [0.2, 0.25) is 0 Å². The fourth-order valence-corrected chi connectivity index (χ4v) is 7.63. The number of ketones is 1. The monoisotopic (exact) mass is 581 g/mol. The van der Waals surface area contributed by atoms with Crippen LogP contribution >= 0.6 is 39.0 Å². The van der Waals surface area contributed by atoms with Gasteiger partial charge in [-0.1, -0.05) is 40.7 Å². The first kappa shape index (κ1) is 25.2. The van der Waals surface area contributed by atoms with Crippen molar-refractivity contribution in [1.82, 2.24) is 14.1 Å². The van der Waals surface area contributed by atoms with Gasteiger partial charge in [0.05, 0.1) is 11.1 Å². The molecule has 0 radical (unpaired) electrons. The number of fused-ring (bicyclic) bond motifs is 3. The van der Waals surface area contributed by atoms with E-state index in [9.17, 15) is 9.59 Å². The molecule has 1 aliphatic carbocycles. The number of hydrogen-bond donors (Lipinski definition) is 0. The van der Waals surface area contributed by atoms with Gasteiger partial charge < -0.3 is 4.57 Å². The van der Waals surface area contributed by atoms with Crippen molar-refractivity contribution in [3.05, 3.63) is 85.2 Å². The molecule has 0 amide bonds. The second-order valence-corrected chi connectivity index (χ2v) is 12.4. The Balaban J connectivity index is 1.45. The van der Waals surface area contributed by atoms with E-state index in [0.717, 1.165) is 51.0 Å². The van der Waals surface area contributed by atoms with Gasteiger partial charge in [-0.3, -0.25) is 14.2 Å². The molecule has 36 heavy (non-hydrogen) atoms. The Kier molecular flexibility index (Phi) is 7.12. The molecule has 0 fully saturated rings. The van der Waals surface area contributed by atoms with Crippen molar-refractivity contribution in [2.75, 3.05) is 5.75 Å². The second kappa shape index (κ2) is 10.1. The molecule has 8 heteroatoms. The lowest BCUT2D eigenvalue weighted by Gasteiger charge is -2.17. The topological polar surface area (TPSA) is 56.9 Å². The molecular formula is C28H28BrN3O2S2. The maximum atomic E-state index is 13.5. The molecule has 0 unspecified atom stereocenters. The van der Waals surface area contributed by atoms with E-state index in [1.54, 1.807) is 22.0 Å². The Bertz CT molecular complexity index is 1550. The van der Waals surface area contributed by atoms with Gasteiger partial charge in [-0.25, -0.2) is 4.98 Å². The van der Waals surface area contributed by atoms with Crippen molar-refractivity contribution in [2.45, 2.75) is 51.7 Å². The molecular weight excluding hydrogens is 554 g/mol. The third-order valence-electron chi connectivity index (χ3n) is 6.84. The van der Waals surface area contributed by atoms with E-state index in [2.05, 4.69) is 34.0 Å². The standard InChI is InChI=1S/C28H28BrN3O2S2/c1-5-12-31-27(34)25-21-11-6-16(2)13-24(21)36-26(25)30-28(31)35-15-23(33)22-14-17(3)32(18(22)4)20-9-7-19(29)8-10-20/h5,7-10,14,16H,1,6,11-13,15H2,2-4H3/t16-/m0/s1. The summed E-state index contributed by atoms with van der Waals surface area (Å²) in [5.74, 6) is 0.862. The number of Topliss-reactive ketones (excluding diaryl/α,β-unsaturated/α-hetero) is 1. The molecule has 3 aromatic heterocycles. The number of rotatable bonds is 7. The van der Waals surface area contributed by atoms with Crippen molar-refractivity contribution in [3.63, 3.8) is 0 Å². The Labute approximate surface area is 227 Å². The summed E-state index contributed by atoms with van der Waals surface area (Å²) in [5.41, 5.74) is 4.79. The molecule has 0 aliphatic heterocycles. The minimum atomic E-state index is -0.0182. The van der Waals surface area contributed by atoms with Crippen LogP contribution in [0.3, 0.4) is 0 Å². The summed E-state index contributed by atoms with van der Waals surface area (Å²) in [4.78, 5) is 33.8. The predicted molar refractivity (Wildman–Crippen MR) is 153 cm³/mol.